The highest BCUT2D eigenvalue weighted by Gasteiger charge is 2.32. The van der Waals surface area contributed by atoms with Gasteiger partial charge in [-0.15, -0.1) is 0 Å². The maximum atomic E-state index is 12.7. The van der Waals surface area contributed by atoms with Crippen LogP contribution in [0.4, 0.5) is 5.69 Å². The van der Waals surface area contributed by atoms with E-state index < -0.39 is 5.97 Å². The van der Waals surface area contributed by atoms with E-state index in [0.29, 0.717) is 17.3 Å². The molecule has 7 heteroatoms. The lowest BCUT2D eigenvalue weighted by Crippen LogP contribution is -2.25. The third-order valence-electron chi connectivity index (χ3n) is 4.30. The van der Waals surface area contributed by atoms with Crippen molar-refractivity contribution in [1.29, 1.82) is 0 Å². The van der Waals surface area contributed by atoms with E-state index in [1.54, 1.807) is 0 Å². The average molecular weight is 357 g/mol. The Morgan fingerprint density at radius 1 is 1.27 bits per heavy atom. The van der Waals surface area contributed by atoms with E-state index in [1.807, 2.05) is 10.7 Å². The van der Waals surface area contributed by atoms with Gasteiger partial charge in [0.15, 0.2) is 5.69 Å². The van der Waals surface area contributed by atoms with Crippen molar-refractivity contribution >= 4 is 17.6 Å². The first-order chi connectivity index (χ1) is 12.2. The van der Waals surface area contributed by atoms with Gasteiger partial charge in [0.25, 0.3) is 5.91 Å². The first kappa shape index (κ1) is 18.0. The molecule has 138 valence electrons. The number of rotatable bonds is 5. The summed E-state index contributed by atoms with van der Waals surface area (Å²) >= 11 is 0. The van der Waals surface area contributed by atoms with Gasteiger partial charge >= 0.3 is 5.97 Å². The lowest BCUT2D eigenvalue weighted by atomic mass is 10.1. The molecule has 0 unspecified atom stereocenters. The Morgan fingerprint density at radius 3 is 2.50 bits per heavy atom. The molecule has 1 aliphatic rings. The van der Waals surface area contributed by atoms with Crippen LogP contribution in [0.1, 0.15) is 66.1 Å². The molecule has 1 fully saturated rings. The lowest BCUT2D eigenvalue weighted by Gasteiger charge is -2.22. The number of hydrogen-bond donors (Lipinski definition) is 2. The summed E-state index contributed by atoms with van der Waals surface area (Å²) in [5.74, 6) is -0.654. The van der Waals surface area contributed by atoms with E-state index in [4.69, 9.17) is 9.84 Å². The van der Waals surface area contributed by atoms with Gasteiger partial charge in [-0.3, -0.25) is 9.48 Å². The molecule has 1 aliphatic carbocycles. The number of nitrogens with one attached hydrogen (secondary N) is 1. The molecule has 1 aromatic carbocycles. The van der Waals surface area contributed by atoms with E-state index in [1.165, 1.54) is 25.3 Å². The summed E-state index contributed by atoms with van der Waals surface area (Å²) < 4.78 is 7.12. The number of carboxylic acid groups (broad SMARTS) is 1. The van der Waals surface area contributed by atoms with Gasteiger partial charge in [-0.25, -0.2) is 4.79 Å². The molecule has 0 spiro atoms. The highest BCUT2D eigenvalue weighted by molar-refractivity contribution is 6.04. The number of benzene rings is 1. The number of anilines is 1. The number of carbonyl (C=O) groups is 2. The molecule has 0 aliphatic heterocycles. The first-order valence-corrected chi connectivity index (χ1v) is 8.54. The molecule has 0 bridgehead atoms. The number of carbonyl (C=O) groups excluding carboxylic acids is 1. The van der Waals surface area contributed by atoms with E-state index in [-0.39, 0.29) is 22.8 Å². The van der Waals surface area contributed by atoms with Crippen LogP contribution in [-0.4, -0.2) is 33.9 Å². The van der Waals surface area contributed by atoms with Crippen molar-refractivity contribution in [2.24, 2.45) is 0 Å². The zero-order valence-electron chi connectivity index (χ0n) is 15.4. The average Bonchev–Trinajstić information content (AvgIpc) is 3.31. The Hall–Kier alpha value is -2.83. The number of methoxy groups -OCH3 is 1. The second-order valence-corrected chi connectivity index (χ2v) is 7.49. The molecule has 7 nitrogen and oxygen atoms in total. The van der Waals surface area contributed by atoms with Gasteiger partial charge in [0, 0.05) is 11.6 Å². The fourth-order valence-electron chi connectivity index (χ4n) is 2.83. The SMILES string of the molecule is COc1cc(C(=O)O)ccc1NC(=O)c1cc(C2CC2)n(C(C)(C)C)n1. The van der Waals surface area contributed by atoms with Crippen LogP contribution in [0.25, 0.3) is 0 Å². The van der Waals surface area contributed by atoms with Gasteiger partial charge < -0.3 is 15.2 Å². The van der Waals surface area contributed by atoms with Gasteiger partial charge in [0.1, 0.15) is 5.75 Å². The Balaban J connectivity index is 1.88. The number of hydrogen-bond acceptors (Lipinski definition) is 4. The van der Waals surface area contributed by atoms with E-state index in [9.17, 15) is 9.59 Å². The molecule has 2 N–H and O–H groups in total. The van der Waals surface area contributed by atoms with Gasteiger partial charge in [0.05, 0.1) is 23.9 Å². The number of ether oxygens (including phenoxy) is 1. The van der Waals surface area contributed by atoms with E-state index in [2.05, 4.69) is 31.2 Å². The van der Waals surface area contributed by atoms with Crippen molar-refractivity contribution in [3.05, 3.63) is 41.2 Å². The fraction of sp³-hybridized carbons (Fsp3) is 0.421. The Labute approximate surface area is 152 Å². The molecule has 0 atom stereocenters. The molecular weight excluding hydrogens is 334 g/mol. The maximum absolute atomic E-state index is 12.7. The third kappa shape index (κ3) is 3.56. The van der Waals surface area contributed by atoms with Gasteiger partial charge in [-0.1, -0.05) is 0 Å². The molecule has 3 rings (SSSR count). The van der Waals surface area contributed by atoms with Crippen LogP contribution in [0, 0.1) is 0 Å². The van der Waals surface area contributed by atoms with E-state index in [0.717, 1.165) is 18.5 Å². The van der Waals surface area contributed by atoms with Gasteiger partial charge in [0.2, 0.25) is 0 Å². The van der Waals surface area contributed by atoms with Crippen molar-refractivity contribution in [2.45, 2.75) is 45.1 Å². The molecule has 1 amide bonds. The predicted octanol–water partition coefficient (Wildman–Crippen LogP) is 3.47. The summed E-state index contributed by atoms with van der Waals surface area (Å²) in [6.07, 6.45) is 2.24. The maximum Gasteiger partial charge on any atom is 0.335 e. The third-order valence-corrected chi connectivity index (χ3v) is 4.30. The summed E-state index contributed by atoms with van der Waals surface area (Å²) in [4.78, 5) is 23.8. The molecular formula is C19H23N3O4. The zero-order valence-corrected chi connectivity index (χ0v) is 15.4. The smallest absolute Gasteiger partial charge is 0.335 e. The Morgan fingerprint density at radius 2 is 1.96 bits per heavy atom. The van der Waals surface area contributed by atoms with Crippen molar-refractivity contribution in [3.63, 3.8) is 0 Å². The Bertz CT molecular complexity index is 860. The molecule has 26 heavy (non-hydrogen) atoms. The quantitative estimate of drug-likeness (QED) is 0.854. The highest BCUT2D eigenvalue weighted by Crippen LogP contribution is 2.41. The summed E-state index contributed by atoms with van der Waals surface area (Å²) in [7, 11) is 1.43. The number of nitrogens with zero attached hydrogens (tertiary/aromatic N) is 2. The lowest BCUT2D eigenvalue weighted by molar-refractivity contribution is 0.0696. The highest BCUT2D eigenvalue weighted by atomic mass is 16.5. The van der Waals surface area contributed by atoms with Crippen LogP contribution in [0.5, 0.6) is 5.75 Å². The van der Waals surface area contributed by atoms with Gasteiger partial charge in [-0.2, -0.15) is 5.10 Å². The summed E-state index contributed by atoms with van der Waals surface area (Å²) in [6, 6.07) is 6.16. The molecule has 1 aromatic heterocycles. The van der Waals surface area contributed by atoms with Crippen molar-refractivity contribution in [1.82, 2.24) is 9.78 Å². The fourth-order valence-corrected chi connectivity index (χ4v) is 2.83. The molecule has 0 saturated heterocycles. The van der Waals surface area contributed by atoms with Crippen molar-refractivity contribution in [3.8, 4) is 5.75 Å². The number of carboxylic acids is 1. The minimum atomic E-state index is -1.06. The number of amides is 1. The minimum absolute atomic E-state index is 0.0906. The van der Waals surface area contributed by atoms with Crippen molar-refractivity contribution in [2.75, 3.05) is 12.4 Å². The second-order valence-electron chi connectivity index (χ2n) is 7.49. The second kappa shape index (κ2) is 6.48. The molecule has 1 saturated carbocycles. The van der Waals surface area contributed by atoms with Crippen LogP contribution in [0.3, 0.4) is 0 Å². The predicted molar refractivity (Wildman–Crippen MR) is 97.1 cm³/mol. The zero-order chi connectivity index (χ0) is 19.1. The van der Waals surface area contributed by atoms with Gasteiger partial charge in [-0.05, 0) is 57.9 Å². The van der Waals surface area contributed by atoms with Crippen LogP contribution < -0.4 is 10.1 Å². The van der Waals surface area contributed by atoms with Crippen LogP contribution >= 0.6 is 0 Å². The normalized spacial score (nSPS) is 14.2. The molecule has 0 radical (unpaired) electrons. The summed E-state index contributed by atoms with van der Waals surface area (Å²) in [6.45, 7) is 6.17. The topological polar surface area (TPSA) is 93.5 Å². The molecule has 2 aromatic rings. The molecule has 1 heterocycles. The number of aromatic nitrogens is 2. The minimum Gasteiger partial charge on any atom is -0.495 e. The summed E-state index contributed by atoms with van der Waals surface area (Å²) in [5, 5.41) is 16.3. The van der Waals surface area contributed by atoms with Crippen LogP contribution in [0.2, 0.25) is 0 Å². The monoisotopic (exact) mass is 357 g/mol. The standard InChI is InChI=1S/C19H23N3O4/c1-19(2,3)22-15(11-5-6-11)10-14(21-22)17(23)20-13-8-7-12(18(24)25)9-16(13)26-4/h7-11H,5-6H2,1-4H3,(H,20,23)(H,24,25). The Kier molecular flexibility index (Phi) is 4.48. The van der Waals surface area contributed by atoms with Crippen molar-refractivity contribution < 1.29 is 19.4 Å². The summed E-state index contributed by atoms with van der Waals surface area (Å²) in [5.41, 5.74) is 1.70. The largest absolute Gasteiger partial charge is 0.495 e. The first-order valence-electron chi connectivity index (χ1n) is 8.54. The van der Waals surface area contributed by atoms with E-state index >= 15 is 0 Å². The number of aromatic carboxylic acids is 1. The van der Waals surface area contributed by atoms with Crippen LogP contribution in [0.15, 0.2) is 24.3 Å². The van der Waals surface area contributed by atoms with Crippen LogP contribution in [-0.2, 0) is 5.54 Å².